The number of nitro groups is 1. The van der Waals surface area contributed by atoms with Crippen molar-refractivity contribution < 1.29 is 19.6 Å². The van der Waals surface area contributed by atoms with Gasteiger partial charge in [0.1, 0.15) is 11.7 Å². The molecule has 1 heterocycles. The third-order valence-electron chi connectivity index (χ3n) is 4.65. The van der Waals surface area contributed by atoms with E-state index in [0.717, 1.165) is 25.9 Å². The normalized spacial score (nSPS) is 16.3. The highest BCUT2D eigenvalue weighted by Crippen LogP contribution is 2.31. The van der Waals surface area contributed by atoms with E-state index in [-0.39, 0.29) is 17.2 Å². The van der Waals surface area contributed by atoms with Crippen LogP contribution in [0.25, 0.3) is 0 Å². The van der Waals surface area contributed by atoms with Crippen molar-refractivity contribution in [1.29, 1.82) is 0 Å². The molecule has 1 fully saturated rings. The van der Waals surface area contributed by atoms with Crippen molar-refractivity contribution >= 4 is 23.3 Å². The monoisotopic (exact) mass is 349 g/mol. The lowest BCUT2D eigenvalue weighted by Gasteiger charge is -2.21. The summed E-state index contributed by atoms with van der Waals surface area (Å²) in [6, 6.07) is 3.26. The molecule has 2 rings (SSSR count). The van der Waals surface area contributed by atoms with Gasteiger partial charge in [-0.05, 0) is 30.9 Å². The number of carboxylic acids is 1. The highest BCUT2D eigenvalue weighted by molar-refractivity contribution is 5.98. The molecule has 1 aliphatic heterocycles. The number of aliphatic carboxylic acids is 1. The Morgan fingerprint density at radius 2 is 2.00 bits per heavy atom. The molecular weight excluding hydrogens is 326 g/mol. The van der Waals surface area contributed by atoms with Gasteiger partial charge in [0.15, 0.2) is 0 Å². The summed E-state index contributed by atoms with van der Waals surface area (Å²) >= 11 is 0. The molecule has 0 radical (unpaired) electrons. The Kier molecular flexibility index (Phi) is 5.95. The van der Waals surface area contributed by atoms with Gasteiger partial charge in [0.25, 0.3) is 11.6 Å². The molecule has 2 unspecified atom stereocenters. The Hall–Kier alpha value is -2.64. The molecule has 1 saturated heterocycles. The standard InChI is InChI=1S/C17H23N3O5/c1-3-11(2)15(17(22)23)18-16(21)12-6-7-13(14(10-12)20(24)25)19-8-4-5-9-19/h6-7,10-11,15H,3-5,8-9H2,1-2H3,(H,18,21)(H,22,23). The highest BCUT2D eigenvalue weighted by atomic mass is 16.6. The quantitative estimate of drug-likeness (QED) is 0.577. The molecule has 136 valence electrons. The summed E-state index contributed by atoms with van der Waals surface area (Å²) in [5.74, 6) is -1.99. The number of carboxylic acid groups (broad SMARTS) is 1. The van der Waals surface area contributed by atoms with Crippen molar-refractivity contribution in [2.24, 2.45) is 5.92 Å². The third kappa shape index (κ3) is 4.26. The van der Waals surface area contributed by atoms with Crippen molar-refractivity contribution in [1.82, 2.24) is 5.32 Å². The first kappa shape index (κ1) is 18.7. The third-order valence-corrected chi connectivity index (χ3v) is 4.65. The number of hydrogen-bond donors (Lipinski definition) is 2. The minimum atomic E-state index is -1.12. The average Bonchev–Trinajstić information content (AvgIpc) is 3.12. The first-order chi connectivity index (χ1) is 11.8. The van der Waals surface area contributed by atoms with Gasteiger partial charge >= 0.3 is 5.97 Å². The molecule has 8 nitrogen and oxygen atoms in total. The van der Waals surface area contributed by atoms with Crippen LogP contribution in [0.15, 0.2) is 18.2 Å². The highest BCUT2D eigenvalue weighted by Gasteiger charge is 2.28. The van der Waals surface area contributed by atoms with Crippen LogP contribution in [-0.4, -0.2) is 41.0 Å². The van der Waals surface area contributed by atoms with E-state index < -0.39 is 22.8 Å². The fraction of sp³-hybridized carbons (Fsp3) is 0.529. The lowest BCUT2D eigenvalue weighted by Crippen LogP contribution is -2.45. The maximum Gasteiger partial charge on any atom is 0.326 e. The number of nitro benzene ring substituents is 1. The van der Waals surface area contributed by atoms with E-state index in [1.165, 1.54) is 12.1 Å². The molecule has 0 aliphatic carbocycles. The fourth-order valence-corrected chi connectivity index (χ4v) is 2.94. The summed E-state index contributed by atoms with van der Waals surface area (Å²) in [7, 11) is 0. The topological polar surface area (TPSA) is 113 Å². The van der Waals surface area contributed by atoms with Gasteiger partial charge in [0, 0.05) is 24.7 Å². The first-order valence-electron chi connectivity index (χ1n) is 8.42. The molecule has 25 heavy (non-hydrogen) atoms. The zero-order valence-corrected chi connectivity index (χ0v) is 14.4. The number of anilines is 1. The molecule has 1 amide bonds. The van der Waals surface area contributed by atoms with Crippen LogP contribution < -0.4 is 10.2 Å². The Bertz CT molecular complexity index is 670. The smallest absolute Gasteiger partial charge is 0.326 e. The summed E-state index contributed by atoms with van der Waals surface area (Å²) in [6.07, 6.45) is 2.55. The molecule has 1 aromatic rings. The van der Waals surface area contributed by atoms with Crippen molar-refractivity contribution in [3.05, 3.63) is 33.9 Å². The molecule has 0 saturated carbocycles. The number of carbonyl (C=O) groups is 2. The van der Waals surface area contributed by atoms with Gasteiger partial charge in [0.05, 0.1) is 4.92 Å². The zero-order valence-electron chi connectivity index (χ0n) is 14.4. The second-order valence-electron chi connectivity index (χ2n) is 6.33. The maximum absolute atomic E-state index is 12.4. The molecule has 1 aliphatic rings. The number of rotatable bonds is 7. The summed E-state index contributed by atoms with van der Waals surface area (Å²) < 4.78 is 0. The van der Waals surface area contributed by atoms with Crippen LogP contribution in [0.5, 0.6) is 0 Å². The molecule has 0 spiro atoms. The number of nitrogens with zero attached hydrogens (tertiary/aromatic N) is 2. The van der Waals surface area contributed by atoms with E-state index in [0.29, 0.717) is 12.1 Å². The summed E-state index contributed by atoms with van der Waals surface area (Å²) in [4.78, 5) is 36.5. The Balaban J connectivity index is 2.26. The minimum Gasteiger partial charge on any atom is -0.480 e. The van der Waals surface area contributed by atoms with E-state index >= 15 is 0 Å². The van der Waals surface area contributed by atoms with E-state index in [9.17, 15) is 24.8 Å². The molecule has 2 N–H and O–H groups in total. The van der Waals surface area contributed by atoms with Crippen LogP contribution in [0.1, 0.15) is 43.5 Å². The molecule has 8 heteroatoms. The zero-order chi connectivity index (χ0) is 18.6. The van der Waals surface area contributed by atoms with Crippen LogP contribution in [0.4, 0.5) is 11.4 Å². The number of benzene rings is 1. The summed E-state index contributed by atoms with van der Waals surface area (Å²) in [5, 5.41) is 23.1. The maximum atomic E-state index is 12.4. The summed E-state index contributed by atoms with van der Waals surface area (Å²) in [5.41, 5.74) is 0.449. The summed E-state index contributed by atoms with van der Waals surface area (Å²) in [6.45, 7) is 5.07. The van der Waals surface area contributed by atoms with Crippen molar-refractivity contribution in [3.63, 3.8) is 0 Å². The minimum absolute atomic E-state index is 0.0872. The predicted molar refractivity (Wildman–Crippen MR) is 92.9 cm³/mol. The Morgan fingerprint density at radius 1 is 1.36 bits per heavy atom. The lowest BCUT2D eigenvalue weighted by molar-refractivity contribution is -0.384. The van der Waals surface area contributed by atoms with Gasteiger partial charge in [-0.2, -0.15) is 0 Å². The van der Waals surface area contributed by atoms with Gasteiger partial charge in [-0.25, -0.2) is 4.79 Å². The van der Waals surface area contributed by atoms with Gasteiger partial charge < -0.3 is 15.3 Å². The van der Waals surface area contributed by atoms with Gasteiger partial charge in [-0.1, -0.05) is 20.3 Å². The SMILES string of the molecule is CCC(C)C(NC(=O)c1ccc(N2CCCC2)c([N+](=O)[O-])c1)C(=O)O. The number of carbonyl (C=O) groups excluding carboxylic acids is 1. The van der Waals surface area contributed by atoms with E-state index in [1.807, 2.05) is 11.8 Å². The van der Waals surface area contributed by atoms with Crippen molar-refractivity contribution in [2.75, 3.05) is 18.0 Å². The number of nitrogens with one attached hydrogen (secondary N) is 1. The molecule has 1 aromatic carbocycles. The predicted octanol–water partition coefficient (Wildman–Crippen LogP) is 2.42. The van der Waals surface area contributed by atoms with Crippen LogP contribution in [0.2, 0.25) is 0 Å². The Labute approximate surface area is 146 Å². The van der Waals surface area contributed by atoms with Crippen LogP contribution >= 0.6 is 0 Å². The number of amides is 1. The van der Waals surface area contributed by atoms with Gasteiger partial charge in [-0.15, -0.1) is 0 Å². The first-order valence-corrected chi connectivity index (χ1v) is 8.42. The molecule has 0 bridgehead atoms. The van der Waals surface area contributed by atoms with E-state index in [1.54, 1.807) is 13.0 Å². The van der Waals surface area contributed by atoms with Gasteiger partial charge in [-0.3, -0.25) is 14.9 Å². The molecule has 2 atom stereocenters. The number of hydrogen-bond acceptors (Lipinski definition) is 5. The van der Waals surface area contributed by atoms with E-state index in [4.69, 9.17) is 0 Å². The van der Waals surface area contributed by atoms with Crippen LogP contribution in [0.3, 0.4) is 0 Å². The second kappa shape index (κ2) is 7.96. The van der Waals surface area contributed by atoms with Crippen LogP contribution in [-0.2, 0) is 4.79 Å². The molecular formula is C17H23N3O5. The fourth-order valence-electron chi connectivity index (χ4n) is 2.94. The Morgan fingerprint density at radius 3 is 2.52 bits per heavy atom. The van der Waals surface area contributed by atoms with Crippen molar-refractivity contribution in [3.8, 4) is 0 Å². The van der Waals surface area contributed by atoms with Gasteiger partial charge in [0.2, 0.25) is 0 Å². The van der Waals surface area contributed by atoms with E-state index in [2.05, 4.69) is 5.32 Å². The van der Waals surface area contributed by atoms with Crippen molar-refractivity contribution in [2.45, 2.75) is 39.2 Å². The molecule has 0 aromatic heterocycles. The van der Waals surface area contributed by atoms with Crippen LogP contribution in [0, 0.1) is 16.0 Å². The second-order valence-corrected chi connectivity index (χ2v) is 6.33. The largest absolute Gasteiger partial charge is 0.480 e. The average molecular weight is 349 g/mol. The lowest BCUT2D eigenvalue weighted by atomic mass is 9.99.